The first-order chi connectivity index (χ1) is 11.4. The monoisotopic (exact) mass is 400 g/mol. The van der Waals surface area contributed by atoms with Crippen LogP contribution in [0.5, 0.6) is 0 Å². The molecule has 0 saturated carbocycles. The third-order valence-corrected chi connectivity index (χ3v) is 2.20. The molecule has 0 radical (unpaired) electrons. The van der Waals surface area contributed by atoms with Gasteiger partial charge in [0.05, 0.1) is 18.8 Å². The molecule has 0 spiro atoms. The molecular weight excluding hydrogens is 390 g/mol. The van der Waals surface area contributed by atoms with Gasteiger partial charge < -0.3 is 28.6 Å². The van der Waals surface area contributed by atoms with Gasteiger partial charge in [-0.2, -0.15) is 0 Å². The smallest absolute Gasteiger partial charge is 0.371 e. The minimum Gasteiger partial charge on any atom is -0.475 e. The Morgan fingerprint density at radius 2 is 0.840 bits per heavy atom. The van der Waals surface area contributed by atoms with Gasteiger partial charge in [0.15, 0.2) is 0 Å². The van der Waals surface area contributed by atoms with Crippen molar-refractivity contribution < 1.29 is 62.4 Å². The molecule has 0 aromatic carbocycles. The number of rotatable bonds is 3. The second kappa shape index (κ2) is 11.4. The van der Waals surface area contributed by atoms with Gasteiger partial charge >= 0.3 is 17.9 Å². The van der Waals surface area contributed by atoms with E-state index in [2.05, 4.69) is 13.3 Å². The molecule has 0 amide bonds. The molecule has 0 unspecified atom stereocenters. The molecule has 0 aliphatic carbocycles. The van der Waals surface area contributed by atoms with Crippen molar-refractivity contribution >= 4 is 17.9 Å². The van der Waals surface area contributed by atoms with E-state index in [9.17, 15) is 14.4 Å². The molecule has 128 valence electrons. The molecule has 0 fully saturated rings. The van der Waals surface area contributed by atoms with E-state index in [0.717, 1.165) is 0 Å². The summed E-state index contributed by atoms with van der Waals surface area (Å²) in [6, 6.07) is 8.77. The first kappa shape index (κ1) is 21.9. The average Bonchev–Trinajstić information content (AvgIpc) is 3.29. The quantitative estimate of drug-likeness (QED) is 0.562. The largest absolute Gasteiger partial charge is 0.475 e. The van der Waals surface area contributed by atoms with E-state index in [0.29, 0.717) is 0 Å². The normalized spacial score (nSPS) is 8.64. The Morgan fingerprint density at radius 1 is 0.600 bits per heavy atom. The minimum atomic E-state index is -1.03. The van der Waals surface area contributed by atoms with E-state index in [1.165, 1.54) is 55.2 Å². The summed E-state index contributed by atoms with van der Waals surface area (Å²) in [4.78, 5) is 29.9. The maximum absolute atomic E-state index is 9.97. The van der Waals surface area contributed by atoms with Crippen LogP contribution in [-0.2, 0) is 19.5 Å². The van der Waals surface area contributed by atoms with Crippen LogP contribution < -0.4 is 0 Å². The third kappa shape index (κ3) is 8.33. The number of hydrogen-bond donors (Lipinski definition) is 3. The molecule has 3 N–H and O–H groups in total. The van der Waals surface area contributed by atoms with Gasteiger partial charge in [-0.15, -0.1) is 0 Å². The fourth-order valence-electron chi connectivity index (χ4n) is 1.20. The first-order valence-corrected chi connectivity index (χ1v) is 6.22. The zero-order valence-electron chi connectivity index (χ0n) is 12.7. The summed E-state index contributed by atoms with van der Waals surface area (Å²) >= 11 is 0. The Bertz CT molecular complexity index is 638. The average molecular weight is 402 g/mol. The second-order valence-electron chi connectivity index (χ2n) is 3.85. The molecule has 3 aromatic rings. The summed E-state index contributed by atoms with van der Waals surface area (Å²) in [5.41, 5.74) is 0. The fourth-order valence-corrected chi connectivity index (χ4v) is 1.20. The van der Waals surface area contributed by atoms with E-state index in [1.807, 2.05) is 0 Å². The van der Waals surface area contributed by atoms with Crippen LogP contribution in [0, 0.1) is 0 Å². The molecule has 0 aliphatic heterocycles. The van der Waals surface area contributed by atoms with Gasteiger partial charge in [-0.05, 0) is 36.4 Å². The number of carboxylic acids is 3. The summed E-state index contributed by atoms with van der Waals surface area (Å²) in [6.45, 7) is 0. The molecule has 0 saturated heterocycles. The molecule has 25 heavy (non-hydrogen) atoms. The summed E-state index contributed by atoms with van der Waals surface area (Å²) in [7, 11) is 0. The van der Waals surface area contributed by atoms with Crippen molar-refractivity contribution in [2.75, 3.05) is 0 Å². The number of carbonyl (C=O) groups is 3. The molecule has 0 bridgehead atoms. The van der Waals surface area contributed by atoms with Crippen LogP contribution >= 0.6 is 0 Å². The first-order valence-electron chi connectivity index (χ1n) is 6.22. The Morgan fingerprint density at radius 3 is 0.920 bits per heavy atom. The number of hydrogen-bond acceptors (Lipinski definition) is 6. The van der Waals surface area contributed by atoms with Gasteiger partial charge in [0, 0.05) is 19.5 Å². The van der Waals surface area contributed by atoms with Crippen LogP contribution in [0.15, 0.2) is 68.4 Å². The maximum Gasteiger partial charge on any atom is 0.371 e. The molecule has 3 rings (SSSR count). The Balaban J connectivity index is 0.000000339. The molecule has 3 aromatic heterocycles. The molecule has 0 atom stereocenters. The Kier molecular flexibility index (Phi) is 9.99. The fraction of sp³-hybridized carbons (Fsp3) is 0. The minimum absolute atomic E-state index is 0. The van der Waals surface area contributed by atoms with E-state index in [-0.39, 0.29) is 36.8 Å². The zero-order chi connectivity index (χ0) is 17.9. The van der Waals surface area contributed by atoms with E-state index >= 15 is 0 Å². The van der Waals surface area contributed by atoms with Crippen LogP contribution in [-0.4, -0.2) is 33.2 Å². The Hall–Kier alpha value is -3.13. The predicted octanol–water partition coefficient (Wildman–Crippen LogP) is 2.93. The SMILES string of the molecule is O=C(O)c1ccco1.O=C(O)c1ccco1.O=C(O)c1ccco1.[Zn]. The van der Waals surface area contributed by atoms with Crippen LogP contribution in [0.3, 0.4) is 0 Å². The Labute approximate surface area is 153 Å². The van der Waals surface area contributed by atoms with Crippen molar-refractivity contribution in [1.82, 2.24) is 0 Å². The number of carboxylic acid groups (broad SMARTS) is 3. The van der Waals surface area contributed by atoms with Gasteiger partial charge in [-0.25, -0.2) is 14.4 Å². The van der Waals surface area contributed by atoms with Crippen LogP contribution in [0.1, 0.15) is 31.7 Å². The standard InChI is InChI=1S/3C5H4O3.Zn/c3*6-5(7)4-2-1-3-8-4;/h3*1-3H,(H,6,7);. The van der Waals surface area contributed by atoms with Crippen molar-refractivity contribution in [3.8, 4) is 0 Å². The number of aromatic carboxylic acids is 3. The molecule has 10 heteroatoms. The molecular formula is C15H12O9Zn. The second-order valence-corrected chi connectivity index (χ2v) is 3.85. The summed E-state index contributed by atoms with van der Waals surface area (Å²) in [5, 5.41) is 24.5. The van der Waals surface area contributed by atoms with Crippen molar-refractivity contribution in [3.63, 3.8) is 0 Å². The van der Waals surface area contributed by atoms with Crippen molar-refractivity contribution in [2.24, 2.45) is 0 Å². The van der Waals surface area contributed by atoms with E-state index < -0.39 is 17.9 Å². The van der Waals surface area contributed by atoms with Crippen LogP contribution in [0.2, 0.25) is 0 Å². The van der Waals surface area contributed by atoms with Crippen molar-refractivity contribution in [2.45, 2.75) is 0 Å². The van der Waals surface area contributed by atoms with Crippen LogP contribution in [0.4, 0.5) is 0 Å². The maximum atomic E-state index is 9.97. The summed E-state index contributed by atoms with van der Waals surface area (Å²) in [5.74, 6) is -3.17. The van der Waals surface area contributed by atoms with Crippen molar-refractivity contribution in [3.05, 3.63) is 72.5 Å². The van der Waals surface area contributed by atoms with Gasteiger partial charge in [-0.1, -0.05) is 0 Å². The topological polar surface area (TPSA) is 151 Å². The zero-order valence-corrected chi connectivity index (χ0v) is 15.7. The van der Waals surface area contributed by atoms with Gasteiger partial charge in [0.25, 0.3) is 0 Å². The third-order valence-electron chi connectivity index (χ3n) is 2.20. The van der Waals surface area contributed by atoms with Crippen molar-refractivity contribution in [1.29, 1.82) is 0 Å². The molecule has 9 nitrogen and oxygen atoms in total. The van der Waals surface area contributed by atoms with Gasteiger partial charge in [0.1, 0.15) is 0 Å². The summed E-state index contributed by atoms with van der Waals surface area (Å²) < 4.78 is 13.5. The van der Waals surface area contributed by atoms with Gasteiger partial charge in [-0.3, -0.25) is 0 Å². The molecule has 3 heterocycles. The van der Waals surface area contributed by atoms with Crippen LogP contribution in [0.25, 0.3) is 0 Å². The number of furan rings is 3. The van der Waals surface area contributed by atoms with E-state index in [1.54, 1.807) is 0 Å². The summed E-state index contributed by atoms with van der Waals surface area (Å²) in [6.07, 6.45) is 3.97. The van der Waals surface area contributed by atoms with E-state index in [4.69, 9.17) is 15.3 Å². The van der Waals surface area contributed by atoms with Gasteiger partial charge in [0.2, 0.25) is 17.3 Å². The predicted molar refractivity (Wildman–Crippen MR) is 77.0 cm³/mol. The molecule has 0 aliphatic rings.